The molecule has 2 aliphatic rings. The quantitative estimate of drug-likeness (QED) is 0.331. The van der Waals surface area contributed by atoms with Crippen LogP contribution in [-0.2, 0) is 34.6 Å². The van der Waals surface area contributed by atoms with E-state index in [9.17, 15) is 8.42 Å². The number of para-hydroxylation sites is 2. The van der Waals surface area contributed by atoms with Crippen LogP contribution in [0.1, 0.15) is 18.6 Å². The van der Waals surface area contributed by atoms with E-state index in [1.807, 2.05) is 25.2 Å². The molecule has 0 radical (unpaired) electrons. The van der Waals surface area contributed by atoms with Gasteiger partial charge in [-0.1, -0.05) is 25.6 Å². The van der Waals surface area contributed by atoms with Gasteiger partial charge in [0.25, 0.3) is 0 Å². The first-order valence-corrected chi connectivity index (χ1v) is 15.5. The minimum absolute atomic E-state index is 0.412. The van der Waals surface area contributed by atoms with E-state index in [-0.39, 0.29) is 0 Å². The van der Waals surface area contributed by atoms with Gasteiger partial charge in [0.05, 0.1) is 30.5 Å². The predicted molar refractivity (Wildman–Crippen MR) is 154 cm³/mol. The van der Waals surface area contributed by atoms with Crippen LogP contribution in [-0.4, -0.2) is 105 Å². The highest BCUT2D eigenvalue weighted by Crippen LogP contribution is 2.28. The maximum absolute atomic E-state index is 12.0. The van der Waals surface area contributed by atoms with Crippen LogP contribution in [0.3, 0.4) is 0 Å². The monoisotopic (exact) mass is 565 g/mol. The van der Waals surface area contributed by atoms with Gasteiger partial charge in [-0.3, -0.25) is 13.8 Å². The van der Waals surface area contributed by atoms with Crippen molar-refractivity contribution in [2.75, 3.05) is 63.6 Å². The molecule has 6 rings (SSSR count). The average molecular weight is 566 g/mol. The molecule has 4 aromatic rings. The molecule has 5 heterocycles. The Morgan fingerprint density at radius 2 is 1.77 bits per heavy atom. The molecule has 0 atom stereocenters. The second-order valence-corrected chi connectivity index (χ2v) is 12.2. The summed E-state index contributed by atoms with van der Waals surface area (Å²) in [5.41, 5.74) is 4.04. The number of imidazole rings is 2. The Kier molecular flexibility index (Phi) is 6.97. The van der Waals surface area contributed by atoms with E-state index in [0.717, 1.165) is 65.7 Å². The van der Waals surface area contributed by atoms with E-state index in [0.29, 0.717) is 50.9 Å². The first kappa shape index (κ1) is 26.7. The number of sulfonamides is 1. The normalized spacial score (nSPS) is 17.4. The molecule has 2 saturated heterocycles. The fourth-order valence-corrected chi connectivity index (χ4v) is 6.53. The van der Waals surface area contributed by atoms with Crippen LogP contribution in [0.15, 0.2) is 36.5 Å². The van der Waals surface area contributed by atoms with Gasteiger partial charge in [-0.05, 0) is 12.1 Å². The number of nitrogens with zero attached hydrogens (tertiary/aromatic N) is 9. The molecule has 2 fully saturated rings. The lowest BCUT2D eigenvalue weighted by atomic mass is 10.3. The lowest BCUT2D eigenvalue weighted by Crippen LogP contribution is -2.46. The molecule has 13 heteroatoms. The summed E-state index contributed by atoms with van der Waals surface area (Å²) in [4.78, 5) is 24.5. The van der Waals surface area contributed by atoms with Gasteiger partial charge >= 0.3 is 0 Å². The number of hydrogen-bond acceptors (Lipinski definition) is 9. The fourth-order valence-electron chi connectivity index (χ4n) is 5.59. The van der Waals surface area contributed by atoms with E-state index in [1.54, 1.807) is 0 Å². The highest BCUT2D eigenvalue weighted by atomic mass is 32.2. The van der Waals surface area contributed by atoms with E-state index in [4.69, 9.17) is 24.7 Å². The van der Waals surface area contributed by atoms with Gasteiger partial charge in [-0.15, -0.1) is 0 Å². The fraction of sp³-hybridized carbons (Fsp3) is 0.481. The van der Waals surface area contributed by atoms with Crippen LogP contribution in [0, 0.1) is 0 Å². The Labute approximate surface area is 233 Å². The average Bonchev–Trinajstić information content (AvgIpc) is 3.48. The van der Waals surface area contributed by atoms with Crippen LogP contribution in [0.25, 0.3) is 28.1 Å². The number of benzene rings is 1. The molecule has 40 heavy (non-hydrogen) atoms. The summed E-state index contributed by atoms with van der Waals surface area (Å²) >= 11 is 0. The van der Waals surface area contributed by atoms with Gasteiger partial charge in [0.15, 0.2) is 17.0 Å². The van der Waals surface area contributed by atoms with Crippen molar-refractivity contribution in [3.63, 3.8) is 0 Å². The molecular formula is C27H35N9O3S. The van der Waals surface area contributed by atoms with Crippen molar-refractivity contribution in [3.8, 4) is 5.95 Å². The summed E-state index contributed by atoms with van der Waals surface area (Å²) in [5.74, 6) is 3.20. The topological polar surface area (TPSA) is 115 Å². The Hall–Kier alpha value is -3.55. The number of ether oxygens (including phenoxy) is 1. The van der Waals surface area contributed by atoms with Crippen LogP contribution in [0.4, 0.5) is 5.82 Å². The third-order valence-electron chi connectivity index (χ3n) is 7.67. The van der Waals surface area contributed by atoms with Gasteiger partial charge in [0.2, 0.25) is 16.0 Å². The first-order chi connectivity index (χ1) is 19.2. The Morgan fingerprint density at radius 1 is 1.00 bits per heavy atom. The number of rotatable bonds is 7. The third kappa shape index (κ3) is 4.82. The molecule has 1 aromatic carbocycles. The zero-order valence-corrected chi connectivity index (χ0v) is 24.1. The van der Waals surface area contributed by atoms with Gasteiger partial charge in [-0.2, -0.15) is 9.97 Å². The van der Waals surface area contributed by atoms with Crippen LogP contribution in [0.5, 0.6) is 0 Å². The second kappa shape index (κ2) is 10.5. The maximum atomic E-state index is 12.0. The number of morpholine rings is 1. The Morgan fingerprint density at radius 3 is 2.50 bits per heavy atom. The van der Waals surface area contributed by atoms with Crippen molar-refractivity contribution < 1.29 is 13.2 Å². The SMILES string of the molecule is C=C1CN(CCc2nc3c(N4CCOCC4)nc(-n4c(CC)nc5ccccc54)nc3n2C)CCN1S(C)(=O)=O. The number of hydrogen-bond donors (Lipinski definition) is 0. The molecule has 2 aliphatic heterocycles. The largest absolute Gasteiger partial charge is 0.378 e. The second-order valence-electron chi connectivity index (χ2n) is 10.3. The molecule has 0 N–H and O–H groups in total. The molecule has 0 saturated carbocycles. The molecule has 0 bridgehead atoms. The summed E-state index contributed by atoms with van der Waals surface area (Å²) in [7, 11) is -1.29. The van der Waals surface area contributed by atoms with Crippen LogP contribution < -0.4 is 4.90 Å². The predicted octanol–water partition coefficient (Wildman–Crippen LogP) is 1.73. The van der Waals surface area contributed by atoms with Crippen molar-refractivity contribution in [1.82, 2.24) is 38.3 Å². The number of aromatic nitrogens is 6. The zero-order valence-electron chi connectivity index (χ0n) is 23.2. The van der Waals surface area contributed by atoms with Crippen molar-refractivity contribution >= 4 is 38.0 Å². The number of piperazine rings is 1. The summed E-state index contributed by atoms with van der Waals surface area (Å²) in [6.07, 6.45) is 2.66. The standard InChI is InChI=1S/C27H35N9O3S/c1-5-22-28-20-8-6-7-9-21(20)36(22)27-30-25-24(26(31-27)34-14-16-39-17-15-34)29-23(32(25)3)10-11-33-12-13-35(19(2)18-33)40(4,37)38/h6-9H,2,5,10-18H2,1,3-4H3. The van der Waals surface area contributed by atoms with Crippen LogP contribution in [0.2, 0.25) is 0 Å². The van der Waals surface area contributed by atoms with Crippen molar-refractivity contribution in [2.45, 2.75) is 19.8 Å². The third-order valence-corrected chi connectivity index (χ3v) is 8.91. The van der Waals surface area contributed by atoms with E-state index in [2.05, 4.69) is 38.5 Å². The molecular weight excluding hydrogens is 530 g/mol. The molecule has 0 unspecified atom stereocenters. The van der Waals surface area contributed by atoms with E-state index < -0.39 is 10.0 Å². The summed E-state index contributed by atoms with van der Waals surface area (Å²) in [5, 5.41) is 0. The number of fused-ring (bicyclic) bond motifs is 2. The molecule has 212 valence electrons. The van der Waals surface area contributed by atoms with Gasteiger partial charge in [0.1, 0.15) is 11.6 Å². The molecule has 0 amide bonds. The molecule has 12 nitrogen and oxygen atoms in total. The molecule has 3 aromatic heterocycles. The van der Waals surface area contributed by atoms with Crippen LogP contribution >= 0.6 is 0 Å². The lowest BCUT2D eigenvalue weighted by molar-refractivity contribution is 0.122. The highest BCUT2D eigenvalue weighted by Gasteiger charge is 2.27. The number of anilines is 1. The van der Waals surface area contributed by atoms with Gasteiger partial charge < -0.3 is 14.2 Å². The molecule has 0 spiro atoms. The summed E-state index contributed by atoms with van der Waals surface area (Å²) < 4.78 is 35.2. The Bertz CT molecular complexity index is 1690. The van der Waals surface area contributed by atoms with Crippen molar-refractivity contribution in [2.24, 2.45) is 7.05 Å². The lowest BCUT2D eigenvalue weighted by Gasteiger charge is -2.36. The van der Waals surface area contributed by atoms with E-state index in [1.165, 1.54) is 10.6 Å². The number of aryl methyl sites for hydroxylation is 2. The zero-order chi connectivity index (χ0) is 28.0. The highest BCUT2D eigenvalue weighted by molar-refractivity contribution is 7.88. The smallest absolute Gasteiger partial charge is 0.239 e. The van der Waals surface area contributed by atoms with E-state index >= 15 is 0 Å². The summed E-state index contributed by atoms with van der Waals surface area (Å²) in [6, 6.07) is 8.06. The maximum Gasteiger partial charge on any atom is 0.239 e. The van der Waals surface area contributed by atoms with Crippen molar-refractivity contribution in [3.05, 3.63) is 48.2 Å². The first-order valence-electron chi connectivity index (χ1n) is 13.6. The molecule has 0 aliphatic carbocycles. The van der Waals surface area contributed by atoms with Gasteiger partial charge in [-0.25, -0.2) is 18.4 Å². The van der Waals surface area contributed by atoms with Crippen molar-refractivity contribution in [1.29, 1.82) is 0 Å². The minimum Gasteiger partial charge on any atom is -0.378 e. The van der Waals surface area contributed by atoms with Gasteiger partial charge in [0, 0.05) is 64.9 Å². The summed E-state index contributed by atoms with van der Waals surface area (Å²) in [6.45, 7) is 11.1. The Balaban J connectivity index is 1.37. The minimum atomic E-state index is -3.29.